The van der Waals surface area contributed by atoms with Crippen LogP contribution in [0, 0.1) is 0 Å². The Bertz CT molecular complexity index is 266. The normalized spacial score (nSPS) is 9.44. The van der Waals surface area contributed by atoms with Crippen molar-refractivity contribution in [1.82, 2.24) is 9.78 Å². The van der Waals surface area contributed by atoms with Crippen molar-refractivity contribution in [2.24, 2.45) is 7.05 Å². The molecule has 0 unspecified atom stereocenters. The zero-order chi connectivity index (χ0) is 6.85. The lowest BCUT2D eigenvalue weighted by Gasteiger charge is -1.92. The van der Waals surface area contributed by atoms with Crippen molar-refractivity contribution in [1.29, 1.82) is 0 Å². The van der Waals surface area contributed by atoms with Gasteiger partial charge in [-0.15, -0.1) is 5.10 Å². The Balaban J connectivity index is 3.34. The molecule has 1 heterocycles. The molecule has 0 aromatic carbocycles. The number of rotatable bonds is 0. The van der Waals surface area contributed by atoms with Crippen LogP contribution < -0.4 is 5.56 Å². The first kappa shape index (κ1) is 5.81. The van der Waals surface area contributed by atoms with Gasteiger partial charge in [0.05, 0.1) is 0 Å². The molecule has 0 amide bonds. The molecule has 0 saturated carbocycles. The quantitative estimate of drug-likeness (QED) is 0.509. The summed E-state index contributed by atoms with van der Waals surface area (Å²) in [7, 11) is 1.47. The molecule has 0 aliphatic carbocycles. The van der Waals surface area contributed by atoms with Crippen LogP contribution in [0.25, 0.3) is 0 Å². The van der Waals surface area contributed by atoms with Gasteiger partial charge in [-0.1, -0.05) is 0 Å². The zero-order valence-electron chi connectivity index (χ0n) is 4.90. The van der Waals surface area contributed by atoms with E-state index in [0.29, 0.717) is 0 Å². The van der Waals surface area contributed by atoms with Gasteiger partial charge in [-0.2, -0.15) is 0 Å². The summed E-state index contributed by atoms with van der Waals surface area (Å²) in [5, 5.41) is 12.1. The summed E-state index contributed by atoms with van der Waals surface area (Å²) in [5.41, 5.74) is -0.229. The molecule has 1 N–H and O–H groups in total. The van der Waals surface area contributed by atoms with Gasteiger partial charge < -0.3 is 5.11 Å². The molecule has 0 radical (unpaired) electrons. The van der Waals surface area contributed by atoms with E-state index in [0.717, 1.165) is 4.68 Å². The van der Waals surface area contributed by atoms with Crippen LogP contribution in [-0.4, -0.2) is 14.9 Å². The fourth-order valence-electron chi connectivity index (χ4n) is 0.490. The molecule has 1 aromatic heterocycles. The standard InChI is InChI=1S/C5H6N2O2/c1-7-5(9)3-2-4(8)6-7/h2-3H,1H3,(H,6,8). The number of aromatic hydroxyl groups is 1. The Kier molecular flexibility index (Phi) is 1.22. The molecule has 0 spiro atoms. The van der Waals surface area contributed by atoms with Crippen LogP contribution in [0.3, 0.4) is 0 Å². The first-order valence-corrected chi connectivity index (χ1v) is 2.43. The van der Waals surface area contributed by atoms with Crippen LogP contribution in [0.2, 0.25) is 0 Å². The van der Waals surface area contributed by atoms with Crippen LogP contribution in [0.15, 0.2) is 16.9 Å². The Hall–Kier alpha value is -1.32. The maximum atomic E-state index is 10.6. The highest BCUT2D eigenvalue weighted by atomic mass is 16.3. The summed E-state index contributed by atoms with van der Waals surface area (Å²) < 4.78 is 1.06. The minimum Gasteiger partial charge on any atom is -0.492 e. The van der Waals surface area contributed by atoms with Crippen molar-refractivity contribution in [3.05, 3.63) is 22.5 Å². The molecule has 4 nitrogen and oxygen atoms in total. The molecule has 4 heteroatoms. The monoisotopic (exact) mass is 126 g/mol. The van der Waals surface area contributed by atoms with Crippen molar-refractivity contribution < 1.29 is 5.11 Å². The van der Waals surface area contributed by atoms with E-state index in [1.54, 1.807) is 0 Å². The van der Waals surface area contributed by atoms with Gasteiger partial charge in [-0.25, -0.2) is 4.68 Å². The molecule has 0 saturated heterocycles. The van der Waals surface area contributed by atoms with Gasteiger partial charge in [-0.3, -0.25) is 4.79 Å². The highest BCUT2D eigenvalue weighted by Gasteiger charge is 1.89. The smallest absolute Gasteiger partial charge is 0.266 e. The van der Waals surface area contributed by atoms with Crippen LogP contribution in [0.1, 0.15) is 0 Å². The number of hydrogen-bond acceptors (Lipinski definition) is 3. The number of aromatic nitrogens is 2. The second-order valence-electron chi connectivity index (χ2n) is 1.65. The minimum absolute atomic E-state index is 0.142. The molecular weight excluding hydrogens is 120 g/mol. The van der Waals surface area contributed by atoms with E-state index in [1.807, 2.05) is 0 Å². The van der Waals surface area contributed by atoms with E-state index >= 15 is 0 Å². The SMILES string of the molecule is Cn1nc(O)ccc1=O. The summed E-state index contributed by atoms with van der Waals surface area (Å²) in [4.78, 5) is 10.6. The Labute approximate surface area is 51.4 Å². The van der Waals surface area contributed by atoms with Crippen LogP contribution in [0.5, 0.6) is 5.88 Å². The van der Waals surface area contributed by atoms with Gasteiger partial charge in [0.2, 0.25) is 5.88 Å². The molecule has 0 atom stereocenters. The van der Waals surface area contributed by atoms with Gasteiger partial charge in [0.25, 0.3) is 5.56 Å². The van der Waals surface area contributed by atoms with E-state index in [4.69, 9.17) is 5.11 Å². The first-order chi connectivity index (χ1) is 4.20. The first-order valence-electron chi connectivity index (χ1n) is 2.43. The topological polar surface area (TPSA) is 55.1 Å². The summed E-state index contributed by atoms with van der Waals surface area (Å²) in [6, 6.07) is 2.50. The lowest BCUT2D eigenvalue weighted by Crippen LogP contribution is -2.16. The minimum atomic E-state index is -0.229. The number of aryl methyl sites for hydroxylation is 1. The molecule has 0 bridgehead atoms. The molecule has 0 aliphatic rings. The fourth-order valence-corrected chi connectivity index (χ4v) is 0.490. The third-order valence-corrected chi connectivity index (χ3v) is 0.946. The maximum absolute atomic E-state index is 10.6. The highest BCUT2D eigenvalue weighted by Crippen LogP contribution is 1.93. The molecule has 0 aliphatic heterocycles. The molecule has 48 valence electrons. The summed E-state index contributed by atoms with van der Waals surface area (Å²) in [6.07, 6.45) is 0. The average Bonchev–Trinajstić information content (AvgIpc) is 1.80. The van der Waals surface area contributed by atoms with Crippen LogP contribution >= 0.6 is 0 Å². The molecule has 1 rings (SSSR count). The van der Waals surface area contributed by atoms with Crippen LogP contribution in [-0.2, 0) is 7.05 Å². The second kappa shape index (κ2) is 1.89. The summed E-state index contributed by atoms with van der Waals surface area (Å²) in [6.45, 7) is 0. The van der Waals surface area contributed by atoms with Crippen molar-refractivity contribution in [2.75, 3.05) is 0 Å². The second-order valence-corrected chi connectivity index (χ2v) is 1.65. The lowest BCUT2D eigenvalue weighted by atomic mass is 10.5. The Morgan fingerprint density at radius 3 is 2.78 bits per heavy atom. The zero-order valence-corrected chi connectivity index (χ0v) is 4.90. The molecular formula is C5H6N2O2. The number of hydrogen-bond donors (Lipinski definition) is 1. The largest absolute Gasteiger partial charge is 0.492 e. The highest BCUT2D eigenvalue weighted by molar-refractivity contribution is 5.03. The van der Waals surface area contributed by atoms with E-state index in [-0.39, 0.29) is 11.4 Å². The fraction of sp³-hybridized carbons (Fsp3) is 0.200. The van der Waals surface area contributed by atoms with Gasteiger partial charge in [0.1, 0.15) is 0 Å². The van der Waals surface area contributed by atoms with Crippen LogP contribution in [0.4, 0.5) is 0 Å². The molecule has 0 fully saturated rings. The van der Waals surface area contributed by atoms with Gasteiger partial charge in [0.15, 0.2) is 0 Å². The average molecular weight is 126 g/mol. The van der Waals surface area contributed by atoms with E-state index in [2.05, 4.69) is 5.10 Å². The number of nitrogens with zero attached hydrogens (tertiary/aromatic N) is 2. The van der Waals surface area contributed by atoms with Crippen molar-refractivity contribution in [2.45, 2.75) is 0 Å². The predicted molar refractivity (Wildman–Crippen MR) is 31.1 cm³/mol. The lowest BCUT2D eigenvalue weighted by molar-refractivity contribution is 0.429. The van der Waals surface area contributed by atoms with Crippen molar-refractivity contribution >= 4 is 0 Å². The van der Waals surface area contributed by atoms with Gasteiger partial charge in [-0.05, 0) is 0 Å². The van der Waals surface area contributed by atoms with Crippen molar-refractivity contribution in [3.63, 3.8) is 0 Å². The van der Waals surface area contributed by atoms with Crippen molar-refractivity contribution in [3.8, 4) is 5.88 Å². The molecule has 9 heavy (non-hydrogen) atoms. The Morgan fingerprint density at radius 2 is 2.33 bits per heavy atom. The maximum Gasteiger partial charge on any atom is 0.266 e. The van der Waals surface area contributed by atoms with E-state index in [1.165, 1.54) is 19.2 Å². The van der Waals surface area contributed by atoms with E-state index < -0.39 is 0 Å². The third kappa shape index (κ3) is 1.07. The van der Waals surface area contributed by atoms with Gasteiger partial charge >= 0.3 is 0 Å². The Morgan fingerprint density at radius 1 is 1.67 bits per heavy atom. The third-order valence-electron chi connectivity index (χ3n) is 0.946. The predicted octanol–water partition coefficient (Wildman–Crippen LogP) is -0.514. The summed E-state index contributed by atoms with van der Waals surface area (Å²) >= 11 is 0. The van der Waals surface area contributed by atoms with E-state index in [9.17, 15) is 4.79 Å². The summed E-state index contributed by atoms with van der Waals surface area (Å²) in [5.74, 6) is -0.142. The molecule has 1 aromatic rings. The van der Waals surface area contributed by atoms with Gasteiger partial charge in [0, 0.05) is 19.2 Å².